The van der Waals surface area contributed by atoms with E-state index in [1.807, 2.05) is 30.3 Å². The van der Waals surface area contributed by atoms with Gasteiger partial charge in [0.2, 0.25) is 0 Å². The second kappa shape index (κ2) is 6.96. The fourth-order valence-electron chi connectivity index (χ4n) is 1.64. The van der Waals surface area contributed by atoms with E-state index in [1.54, 1.807) is 18.2 Å². The van der Waals surface area contributed by atoms with Gasteiger partial charge in [0.15, 0.2) is 0 Å². The topological polar surface area (TPSA) is 58.6 Å². The van der Waals surface area contributed by atoms with E-state index in [9.17, 15) is 9.90 Å². The number of amides is 1. The van der Waals surface area contributed by atoms with E-state index in [2.05, 4.69) is 21.2 Å². The smallest absolute Gasteiger partial charge is 0.407 e. The fraction of sp³-hybridized carbons (Fsp3) is 0.133. The second-order valence-electron chi connectivity index (χ2n) is 4.19. The van der Waals surface area contributed by atoms with Crippen molar-refractivity contribution in [3.63, 3.8) is 0 Å². The van der Waals surface area contributed by atoms with E-state index in [0.717, 1.165) is 15.6 Å². The fourth-order valence-corrected chi connectivity index (χ4v) is 2.02. The van der Waals surface area contributed by atoms with Gasteiger partial charge in [0.25, 0.3) is 0 Å². The van der Waals surface area contributed by atoms with Gasteiger partial charge < -0.3 is 15.2 Å². The summed E-state index contributed by atoms with van der Waals surface area (Å²) in [5.74, 6) is 0.155. The van der Waals surface area contributed by atoms with Crippen molar-refractivity contribution in [2.24, 2.45) is 0 Å². The molecular weight excluding hydrogens is 322 g/mol. The Morgan fingerprint density at radius 3 is 2.70 bits per heavy atom. The summed E-state index contributed by atoms with van der Waals surface area (Å²) in [7, 11) is 0. The minimum atomic E-state index is -0.496. The van der Waals surface area contributed by atoms with E-state index >= 15 is 0 Å². The Hall–Kier alpha value is -2.01. The molecule has 2 aromatic rings. The number of nitrogens with one attached hydrogen (secondary N) is 1. The first-order valence-corrected chi connectivity index (χ1v) is 6.86. The van der Waals surface area contributed by atoms with Crippen LogP contribution in [0.25, 0.3) is 0 Å². The lowest BCUT2D eigenvalue weighted by atomic mass is 10.2. The number of carbonyl (C=O) groups excluding carboxylic acids is 1. The molecule has 0 saturated heterocycles. The standard InChI is InChI=1S/C15H14BrNO3/c16-14-7-6-13(18)8-12(14)9-17-15(19)20-10-11-4-2-1-3-5-11/h1-8,18H,9-10H2,(H,17,19). The number of rotatable bonds is 4. The van der Waals surface area contributed by atoms with Gasteiger partial charge in [0.1, 0.15) is 12.4 Å². The Balaban J connectivity index is 1.82. The molecule has 0 heterocycles. The monoisotopic (exact) mass is 335 g/mol. The third-order valence-electron chi connectivity index (χ3n) is 2.67. The first-order valence-electron chi connectivity index (χ1n) is 6.07. The van der Waals surface area contributed by atoms with Crippen molar-refractivity contribution in [3.8, 4) is 5.75 Å². The van der Waals surface area contributed by atoms with Crippen LogP contribution in [0.5, 0.6) is 5.75 Å². The first-order chi connectivity index (χ1) is 9.65. The van der Waals surface area contributed by atoms with Crippen LogP contribution >= 0.6 is 15.9 Å². The molecule has 0 saturated carbocycles. The van der Waals surface area contributed by atoms with Crippen LogP contribution in [-0.2, 0) is 17.9 Å². The number of hydrogen-bond acceptors (Lipinski definition) is 3. The molecule has 104 valence electrons. The molecule has 2 N–H and O–H groups in total. The van der Waals surface area contributed by atoms with E-state index in [-0.39, 0.29) is 18.9 Å². The van der Waals surface area contributed by atoms with Crippen molar-refractivity contribution in [1.82, 2.24) is 5.32 Å². The van der Waals surface area contributed by atoms with Gasteiger partial charge in [-0.05, 0) is 29.3 Å². The predicted octanol–water partition coefficient (Wildman–Crippen LogP) is 3.58. The van der Waals surface area contributed by atoms with Crippen LogP contribution in [0.2, 0.25) is 0 Å². The maximum absolute atomic E-state index is 11.6. The third kappa shape index (κ3) is 4.28. The number of benzene rings is 2. The molecule has 2 aromatic carbocycles. The van der Waals surface area contributed by atoms with Gasteiger partial charge in [-0.15, -0.1) is 0 Å². The Morgan fingerprint density at radius 1 is 1.20 bits per heavy atom. The molecule has 0 aliphatic carbocycles. The quantitative estimate of drug-likeness (QED) is 0.897. The highest BCUT2D eigenvalue weighted by Crippen LogP contribution is 2.21. The average Bonchev–Trinajstić information content (AvgIpc) is 2.47. The summed E-state index contributed by atoms with van der Waals surface area (Å²) >= 11 is 3.35. The van der Waals surface area contributed by atoms with Gasteiger partial charge in [0, 0.05) is 11.0 Å². The number of phenolic OH excluding ortho intramolecular Hbond substituents is 1. The highest BCUT2D eigenvalue weighted by atomic mass is 79.9. The summed E-state index contributed by atoms with van der Waals surface area (Å²) in [5, 5.41) is 12.0. The zero-order chi connectivity index (χ0) is 14.4. The van der Waals surface area contributed by atoms with Gasteiger partial charge in [-0.25, -0.2) is 4.79 Å². The highest BCUT2D eigenvalue weighted by molar-refractivity contribution is 9.10. The SMILES string of the molecule is O=C(NCc1cc(O)ccc1Br)OCc1ccccc1. The highest BCUT2D eigenvalue weighted by Gasteiger charge is 2.05. The third-order valence-corrected chi connectivity index (χ3v) is 3.44. The first kappa shape index (κ1) is 14.4. The molecule has 0 atom stereocenters. The number of halogens is 1. The zero-order valence-corrected chi connectivity index (χ0v) is 12.3. The van der Waals surface area contributed by atoms with Crippen molar-refractivity contribution in [2.45, 2.75) is 13.2 Å². The van der Waals surface area contributed by atoms with Crippen LogP contribution in [-0.4, -0.2) is 11.2 Å². The molecule has 0 bridgehead atoms. The Morgan fingerprint density at radius 2 is 1.95 bits per heavy atom. The lowest BCUT2D eigenvalue weighted by molar-refractivity contribution is 0.139. The molecule has 0 fully saturated rings. The largest absolute Gasteiger partial charge is 0.508 e. The second-order valence-corrected chi connectivity index (χ2v) is 5.05. The van der Waals surface area contributed by atoms with Crippen LogP contribution in [0.3, 0.4) is 0 Å². The van der Waals surface area contributed by atoms with E-state index < -0.39 is 6.09 Å². The maximum Gasteiger partial charge on any atom is 0.407 e. The Kier molecular flexibility index (Phi) is 5.01. The van der Waals surface area contributed by atoms with Crippen LogP contribution in [0.1, 0.15) is 11.1 Å². The lowest BCUT2D eigenvalue weighted by Crippen LogP contribution is -2.23. The summed E-state index contributed by atoms with van der Waals surface area (Å²) in [5.41, 5.74) is 1.71. The Labute approximate surface area is 125 Å². The molecule has 0 aliphatic heterocycles. The summed E-state index contributed by atoms with van der Waals surface area (Å²) in [4.78, 5) is 11.6. The molecule has 20 heavy (non-hydrogen) atoms. The van der Waals surface area contributed by atoms with Gasteiger partial charge >= 0.3 is 6.09 Å². The number of hydrogen-bond donors (Lipinski definition) is 2. The van der Waals surface area contributed by atoms with Gasteiger partial charge in [0.05, 0.1) is 0 Å². The van der Waals surface area contributed by atoms with Crippen molar-refractivity contribution < 1.29 is 14.6 Å². The molecular formula is C15H14BrNO3. The molecule has 0 aliphatic rings. The minimum Gasteiger partial charge on any atom is -0.508 e. The van der Waals surface area contributed by atoms with Crippen LogP contribution in [0.4, 0.5) is 4.79 Å². The molecule has 0 radical (unpaired) electrons. The number of alkyl carbamates (subject to hydrolysis) is 1. The maximum atomic E-state index is 11.6. The average molecular weight is 336 g/mol. The Bertz CT molecular complexity index is 587. The van der Waals surface area contributed by atoms with Crippen molar-refractivity contribution in [3.05, 3.63) is 64.1 Å². The predicted molar refractivity (Wildman–Crippen MR) is 79.3 cm³/mol. The van der Waals surface area contributed by atoms with Crippen LogP contribution in [0.15, 0.2) is 53.0 Å². The van der Waals surface area contributed by atoms with Crippen molar-refractivity contribution >= 4 is 22.0 Å². The molecule has 0 unspecified atom stereocenters. The van der Waals surface area contributed by atoms with Crippen LogP contribution < -0.4 is 5.32 Å². The van der Waals surface area contributed by atoms with Crippen molar-refractivity contribution in [2.75, 3.05) is 0 Å². The zero-order valence-electron chi connectivity index (χ0n) is 10.7. The lowest BCUT2D eigenvalue weighted by Gasteiger charge is -2.08. The summed E-state index contributed by atoms with van der Waals surface area (Å²) in [6, 6.07) is 14.3. The van der Waals surface area contributed by atoms with Gasteiger partial charge in [-0.1, -0.05) is 46.3 Å². The number of phenols is 1. The number of carbonyl (C=O) groups is 1. The van der Waals surface area contributed by atoms with Crippen LogP contribution in [0, 0.1) is 0 Å². The molecule has 2 rings (SSSR count). The molecule has 4 nitrogen and oxygen atoms in total. The van der Waals surface area contributed by atoms with Gasteiger partial charge in [-0.3, -0.25) is 0 Å². The summed E-state index contributed by atoms with van der Waals surface area (Å²) < 4.78 is 5.91. The number of ether oxygens (including phenoxy) is 1. The molecule has 5 heteroatoms. The summed E-state index contributed by atoms with van der Waals surface area (Å²) in [6.07, 6.45) is -0.496. The molecule has 0 spiro atoms. The van der Waals surface area contributed by atoms with E-state index in [0.29, 0.717) is 0 Å². The molecule has 0 aromatic heterocycles. The van der Waals surface area contributed by atoms with E-state index in [1.165, 1.54) is 0 Å². The summed E-state index contributed by atoms with van der Waals surface area (Å²) in [6.45, 7) is 0.510. The minimum absolute atomic E-state index is 0.155. The van der Waals surface area contributed by atoms with E-state index in [4.69, 9.17) is 4.74 Å². The molecule has 1 amide bonds. The van der Waals surface area contributed by atoms with Crippen molar-refractivity contribution in [1.29, 1.82) is 0 Å². The number of aromatic hydroxyl groups is 1. The van der Waals surface area contributed by atoms with Gasteiger partial charge in [-0.2, -0.15) is 0 Å². The normalized spacial score (nSPS) is 10.1.